The number of carbonyl (C=O) groups is 1. The molecule has 2 saturated heterocycles. The summed E-state index contributed by atoms with van der Waals surface area (Å²) in [7, 11) is 0. The fourth-order valence-corrected chi connectivity index (χ4v) is 4.18. The zero-order chi connectivity index (χ0) is 16.0. The number of hydrogen-bond donors (Lipinski definition) is 2. The Labute approximate surface area is 141 Å². The van der Waals surface area contributed by atoms with Crippen molar-refractivity contribution in [2.45, 2.75) is 38.8 Å². The summed E-state index contributed by atoms with van der Waals surface area (Å²) < 4.78 is 0. The second-order valence-electron chi connectivity index (χ2n) is 6.95. The lowest BCUT2D eigenvalue weighted by Gasteiger charge is -2.27. The van der Waals surface area contributed by atoms with Gasteiger partial charge in [0.1, 0.15) is 0 Å². The van der Waals surface area contributed by atoms with Crippen LogP contribution in [0.1, 0.15) is 30.5 Å². The minimum absolute atomic E-state index is 0.140. The smallest absolute Gasteiger partial charge is 0.224 e. The number of H-pyrrole nitrogens is 1. The fourth-order valence-electron chi connectivity index (χ4n) is 4.01. The molecule has 0 saturated carbocycles. The van der Waals surface area contributed by atoms with Gasteiger partial charge in [-0.15, -0.1) is 0 Å². The van der Waals surface area contributed by atoms with Crippen molar-refractivity contribution in [3.63, 3.8) is 0 Å². The molecule has 122 valence electrons. The number of aryl methyl sites for hydroxylation is 1. The summed E-state index contributed by atoms with van der Waals surface area (Å²) in [6.07, 6.45) is 3.27. The molecule has 2 aromatic rings. The molecule has 0 radical (unpaired) electrons. The van der Waals surface area contributed by atoms with Crippen LogP contribution in [0.3, 0.4) is 0 Å². The number of halogens is 1. The van der Waals surface area contributed by atoms with E-state index in [-0.39, 0.29) is 11.8 Å². The van der Waals surface area contributed by atoms with Crippen LogP contribution in [0.4, 0.5) is 0 Å². The first-order chi connectivity index (χ1) is 11.1. The average molecular weight is 332 g/mol. The number of amides is 1. The molecule has 1 amide bonds. The summed E-state index contributed by atoms with van der Waals surface area (Å²) in [5.41, 5.74) is 3.62. The highest BCUT2D eigenvalue weighted by atomic mass is 35.5. The van der Waals surface area contributed by atoms with Gasteiger partial charge in [0, 0.05) is 47.3 Å². The number of hydrogen-bond acceptors (Lipinski definition) is 2. The van der Waals surface area contributed by atoms with Gasteiger partial charge in [-0.25, -0.2) is 0 Å². The third-order valence-corrected chi connectivity index (χ3v) is 5.52. The standard InChI is InChI=1S/C18H22ClN3O/c1-11-15-7-13(19)5-6-16(15)21-17(11)10-22-8-12-3-2-4-14(9-22)20-18(12)23/h5-7,12,14,21H,2-4,8-10H2,1H3,(H,20,23)/t12-,14+/m1/s1. The number of carbonyl (C=O) groups excluding carboxylic acids is 1. The van der Waals surface area contributed by atoms with Crippen molar-refractivity contribution in [1.82, 2.24) is 15.2 Å². The van der Waals surface area contributed by atoms with E-state index < -0.39 is 0 Å². The summed E-state index contributed by atoms with van der Waals surface area (Å²) in [6.45, 7) is 4.81. The molecule has 2 fully saturated rings. The predicted octanol–water partition coefficient (Wildman–Crippen LogP) is 3.23. The van der Waals surface area contributed by atoms with Crippen molar-refractivity contribution in [2.24, 2.45) is 5.92 Å². The summed E-state index contributed by atoms with van der Waals surface area (Å²) in [5.74, 6) is 0.386. The van der Waals surface area contributed by atoms with Crippen molar-refractivity contribution in [3.8, 4) is 0 Å². The Morgan fingerprint density at radius 3 is 3.04 bits per heavy atom. The Kier molecular flexibility index (Phi) is 3.82. The van der Waals surface area contributed by atoms with E-state index in [1.54, 1.807) is 0 Å². The van der Waals surface area contributed by atoms with Crippen LogP contribution in [0.15, 0.2) is 18.2 Å². The molecule has 2 bridgehead atoms. The lowest BCUT2D eigenvalue weighted by Crippen LogP contribution is -2.38. The molecule has 4 rings (SSSR count). The van der Waals surface area contributed by atoms with Gasteiger partial charge in [0.15, 0.2) is 0 Å². The van der Waals surface area contributed by atoms with E-state index in [1.165, 1.54) is 16.6 Å². The van der Waals surface area contributed by atoms with Crippen molar-refractivity contribution in [1.29, 1.82) is 0 Å². The number of nitrogens with one attached hydrogen (secondary N) is 2. The van der Waals surface area contributed by atoms with Crippen molar-refractivity contribution in [2.75, 3.05) is 13.1 Å². The van der Waals surface area contributed by atoms with E-state index in [0.717, 1.165) is 49.4 Å². The molecular weight excluding hydrogens is 310 g/mol. The molecule has 4 nitrogen and oxygen atoms in total. The Morgan fingerprint density at radius 2 is 2.17 bits per heavy atom. The molecule has 2 N–H and O–H groups in total. The summed E-state index contributed by atoms with van der Waals surface area (Å²) >= 11 is 6.12. The third-order valence-electron chi connectivity index (χ3n) is 5.29. The fraction of sp³-hybridized carbons (Fsp3) is 0.500. The second kappa shape index (κ2) is 5.84. The largest absolute Gasteiger partial charge is 0.357 e. The van der Waals surface area contributed by atoms with Gasteiger partial charge in [-0.3, -0.25) is 9.69 Å². The molecule has 0 unspecified atom stereocenters. The Bertz CT molecular complexity index is 754. The van der Waals surface area contributed by atoms with Crippen LogP contribution < -0.4 is 5.32 Å². The Morgan fingerprint density at radius 1 is 1.30 bits per heavy atom. The first-order valence-electron chi connectivity index (χ1n) is 8.39. The van der Waals surface area contributed by atoms with Crippen LogP contribution in [0.2, 0.25) is 5.02 Å². The maximum atomic E-state index is 12.2. The van der Waals surface area contributed by atoms with E-state index in [1.807, 2.05) is 18.2 Å². The van der Waals surface area contributed by atoms with E-state index in [0.29, 0.717) is 6.04 Å². The highest BCUT2D eigenvalue weighted by Crippen LogP contribution is 2.27. The predicted molar refractivity (Wildman–Crippen MR) is 92.6 cm³/mol. The zero-order valence-electron chi connectivity index (χ0n) is 13.4. The summed E-state index contributed by atoms with van der Waals surface area (Å²) in [5, 5.41) is 5.16. The van der Waals surface area contributed by atoms with Gasteiger partial charge in [-0.1, -0.05) is 18.0 Å². The number of aromatic nitrogens is 1. The van der Waals surface area contributed by atoms with Crippen LogP contribution in [-0.2, 0) is 11.3 Å². The maximum Gasteiger partial charge on any atom is 0.224 e. The van der Waals surface area contributed by atoms with Crippen LogP contribution in [0.25, 0.3) is 10.9 Å². The molecule has 2 atom stereocenters. The maximum absolute atomic E-state index is 12.2. The molecular formula is C18H22ClN3O. The van der Waals surface area contributed by atoms with Gasteiger partial charge >= 0.3 is 0 Å². The van der Waals surface area contributed by atoms with Crippen molar-refractivity contribution < 1.29 is 4.79 Å². The Hall–Kier alpha value is -1.52. The molecule has 5 heteroatoms. The van der Waals surface area contributed by atoms with Crippen molar-refractivity contribution in [3.05, 3.63) is 34.5 Å². The quantitative estimate of drug-likeness (QED) is 0.887. The molecule has 23 heavy (non-hydrogen) atoms. The monoisotopic (exact) mass is 331 g/mol. The number of likely N-dealkylation sites (tertiary alicyclic amines) is 1. The lowest BCUT2D eigenvalue weighted by atomic mass is 9.99. The average Bonchev–Trinajstić information content (AvgIpc) is 2.62. The molecule has 3 heterocycles. The molecule has 2 aliphatic rings. The van der Waals surface area contributed by atoms with Gasteiger partial charge in [-0.05, 0) is 43.5 Å². The van der Waals surface area contributed by atoms with E-state index >= 15 is 0 Å². The topological polar surface area (TPSA) is 48.1 Å². The van der Waals surface area contributed by atoms with E-state index in [4.69, 9.17) is 11.6 Å². The number of fused-ring (bicyclic) bond motifs is 4. The summed E-state index contributed by atoms with van der Waals surface area (Å²) in [6, 6.07) is 6.28. The van der Waals surface area contributed by atoms with Gasteiger partial charge in [0.2, 0.25) is 5.91 Å². The molecule has 0 aliphatic carbocycles. The van der Waals surface area contributed by atoms with E-state index in [2.05, 4.69) is 22.1 Å². The minimum Gasteiger partial charge on any atom is -0.357 e. The lowest BCUT2D eigenvalue weighted by molar-refractivity contribution is -0.124. The van der Waals surface area contributed by atoms with Crippen molar-refractivity contribution >= 4 is 28.4 Å². The minimum atomic E-state index is 0.140. The number of benzene rings is 1. The van der Waals surface area contributed by atoms with Gasteiger partial charge in [0.05, 0.1) is 5.92 Å². The second-order valence-corrected chi connectivity index (χ2v) is 7.38. The molecule has 1 aromatic heterocycles. The van der Waals surface area contributed by atoms with Crippen LogP contribution in [0, 0.1) is 12.8 Å². The van der Waals surface area contributed by atoms with E-state index in [9.17, 15) is 4.79 Å². The zero-order valence-corrected chi connectivity index (χ0v) is 14.1. The number of aromatic amines is 1. The first-order valence-corrected chi connectivity index (χ1v) is 8.77. The third kappa shape index (κ3) is 2.86. The SMILES string of the molecule is Cc1c(CN2C[C@@H]3CCC[C@H](C2)C(=O)N3)[nH]c2ccc(Cl)cc12. The van der Waals surface area contributed by atoms with Crippen LogP contribution >= 0.6 is 11.6 Å². The van der Waals surface area contributed by atoms with Crippen LogP contribution in [0.5, 0.6) is 0 Å². The normalized spacial score (nSPS) is 25.4. The molecule has 2 aliphatic heterocycles. The molecule has 0 spiro atoms. The van der Waals surface area contributed by atoms with Gasteiger partial charge in [-0.2, -0.15) is 0 Å². The number of rotatable bonds is 2. The van der Waals surface area contributed by atoms with Crippen LogP contribution in [-0.4, -0.2) is 34.9 Å². The Balaban J connectivity index is 1.60. The highest BCUT2D eigenvalue weighted by molar-refractivity contribution is 6.31. The highest BCUT2D eigenvalue weighted by Gasteiger charge is 2.32. The molecule has 1 aromatic carbocycles. The summed E-state index contributed by atoms with van der Waals surface area (Å²) in [4.78, 5) is 18.1. The number of nitrogens with zero attached hydrogens (tertiary/aromatic N) is 1. The first kappa shape index (κ1) is 15.0. The van der Waals surface area contributed by atoms with Gasteiger partial charge in [0.25, 0.3) is 0 Å². The van der Waals surface area contributed by atoms with Gasteiger partial charge < -0.3 is 10.3 Å².